The highest BCUT2D eigenvalue weighted by Gasteiger charge is 2.25. The Labute approximate surface area is 103 Å². The van der Waals surface area contributed by atoms with E-state index in [0.717, 1.165) is 0 Å². The number of carboxylic acids is 1. The van der Waals surface area contributed by atoms with Crippen LogP contribution in [0.5, 0.6) is 0 Å². The molecule has 0 aliphatic rings. The quantitative estimate of drug-likeness (QED) is 0.796. The molecule has 0 aliphatic heterocycles. The number of aromatic nitrogens is 2. The predicted molar refractivity (Wildman–Crippen MR) is 61.6 cm³/mol. The van der Waals surface area contributed by atoms with E-state index in [-0.39, 0.29) is 11.1 Å². The monoisotopic (exact) mass is 257 g/mol. The van der Waals surface area contributed by atoms with E-state index in [1.807, 2.05) is 0 Å². The Morgan fingerprint density at radius 3 is 2.59 bits per heavy atom. The summed E-state index contributed by atoms with van der Waals surface area (Å²) in [6, 6.07) is 1.47. The number of anilines is 1. The number of carbonyl (C=O) groups is 2. The number of halogens is 1. The van der Waals surface area contributed by atoms with Crippen molar-refractivity contribution in [2.45, 2.75) is 13.8 Å². The van der Waals surface area contributed by atoms with Crippen molar-refractivity contribution in [1.82, 2.24) is 9.97 Å². The minimum atomic E-state index is -1.02. The third-order valence-electron chi connectivity index (χ3n) is 2.43. The van der Waals surface area contributed by atoms with E-state index in [4.69, 9.17) is 16.7 Å². The molecular weight excluding hydrogens is 246 g/mol. The van der Waals surface area contributed by atoms with Gasteiger partial charge in [-0.3, -0.25) is 9.59 Å². The van der Waals surface area contributed by atoms with Crippen molar-refractivity contribution >= 4 is 29.3 Å². The lowest BCUT2D eigenvalue weighted by Gasteiger charge is -2.15. The number of aliphatic carboxylic acids is 1. The Balaban J connectivity index is 2.69. The molecule has 1 aromatic heterocycles. The fourth-order valence-corrected chi connectivity index (χ4v) is 1.23. The number of carbonyl (C=O) groups excluding carboxylic acids is 1. The summed E-state index contributed by atoms with van der Waals surface area (Å²) < 4.78 is 0. The van der Waals surface area contributed by atoms with Crippen molar-refractivity contribution in [1.29, 1.82) is 0 Å². The number of carboxylic acid groups (broad SMARTS) is 1. The van der Waals surface area contributed by atoms with Gasteiger partial charge in [-0.25, -0.2) is 9.97 Å². The number of hydrogen-bond acceptors (Lipinski definition) is 4. The smallest absolute Gasteiger partial charge is 0.307 e. The molecule has 0 bridgehead atoms. The molecule has 6 nitrogen and oxygen atoms in total. The Kier molecular flexibility index (Phi) is 4.39. The molecule has 0 aromatic carbocycles. The molecule has 7 heteroatoms. The van der Waals surface area contributed by atoms with Crippen molar-refractivity contribution in [3.05, 3.63) is 17.5 Å². The van der Waals surface area contributed by atoms with Crippen LogP contribution in [-0.4, -0.2) is 27.0 Å². The first-order valence-electron chi connectivity index (χ1n) is 4.94. The topological polar surface area (TPSA) is 92.2 Å². The lowest BCUT2D eigenvalue weighted by molar-refractivity contribution is -0.145. The molecule has 0 spiro atoms. The van der Waals surface area contributed by atoms with Gasteiger partial charge in [-0.2, -0.15) is 0 Å². The van der Waals surface area contributed by atoms with Gasteiger partial charge in [-0.1, -0.05) is 13.8 Å². The van der Waals surface area contributed by atoms with E-state index in [9.17, 15) is 9.59 Å². The predicted octanol–water partition coefficient (Wildman–Crippen LogP) is 1.43. The third kappa shape index (κ3) is 3.67. The second kappa shape index (κ2) is 5.58. The Hall–Kier alpha value is -1.69. The Morgan fingerprint density at radius 1 is 1.41 bits per heavy atom. The summed E-state index contributed by atoms with van der Waals surface area (Å²) in [7, 11) is 0. The van der Waals surface area contributed by atoms with Gasteiger partial charge in [0.25, 0.3) is 0 Å². The molecule has 0 aliphatic carbocycles. The van der Waals surface area contributed by atoms with Gasteiger partial charge in [-0.15, -0.1) is 0 Å². The van der Waals surface area contributed by atoms with Crippen LogP contribution in [0.2, 0.25) is 5.28 Å². The minimum Gasteiger partial charge on any atom is -0.481 e. The average molecular weight is 258 g/mol. The second-order valence-electron chi connectivity index (χ2n) is 3.62. The van der Waals surface area contributed by atoms with Crippen LogP contribution in [0.3, 0.4) is 0 Å². The normalized spacial score (nSPS) is 13.8. The fourth-order valence-electron chi connectivity index (χ4n) is 1.09. The second-order valence-corrected chi connectivity index (χ2v) is 3.95. The molecule has 2 atom stereocenters. The summed E-state index contributed by atoms with van der Waals surface area (Å²) in [4.78, 5) is 29.9. The van der Waals surface area contributed by atoms with Crippen molar-refractivity contribution in [3.8, 4) is 0 Å². The van der Waals surface area contributed by atoms with Crippen LogP contribution in [-0.2, 0) is 9.59 Å². The minimum absolute atomic E-state index is 0.0155. The standard InChI is InChI=1S/C10H12ClN3O3/c1-5(6(2)9(16)17)8(15)13-7-3-4-12-10(11)14-7/h3-6H,1-2H3,(H,16,17)(H,12,13,14,15). The number of rotatable bonds is 4. The molecule has 0 saturated heterocycles. The van der Waals surface area contributed by atoms with E-state index in [0.29, 0.717) is 0 Å². The van der Waals surface area contributed by atoms with Crippen LogP contribution >= 0.6 is 11.6 Å². The first-order valence-corrected chi connectivity index (χ1v) is 5.32. The maximum absolute atomic E-state index is 11.7. The SMILES string of the molecule is CC(C(=O)O)C(C)C(=O)Nc1ccnc(Cl)n1. The zero-order valence-electron chi connectivity index (χ0n) is 9.35. The van der Waals surface area contributed by atoms with Crippen LogP contribution < -0.4 is 5.32 Å². The zero-order chi connectivity index (χ0) is 13.0. The maximum atomic E-state index is 11.7. The van der Waals surface area contributed by atoms with E-state index < -0.39 is 23.7 Å². The van der Waals surface area contributed by atoms with Gasteiger partial charge in [0.15, 0.2) is 0 Å². The van der Waals surface area contributed by atoms with E-state index in [1.165, 1.54) is 26.1 Å². The number of hydrogen-bond donors (Lipinski definition) is 2. The van der Waals surface area contributed by atoms with E-state index >= 15 is 0 Å². The van der Waals surface area contributed by atoms with Crippen LogP contribution in [0.15, 0.2) is 12.3 Å². The highest BCUT2D eigenvalue weighted by molar-refractivity contribution is 6.28. The fraction of sp³-hybridized carbons (Fsp3) is 0.400. The van der Waals surface area contributed by atoms with Gasteiger partial charge in [0.1, 0.15) is 5.82 Å². The summed E-state index contributed by atoms with van der Waals surface area (Å²) in [6.07, 6.45) is 1.40. The Morgan fingerprint density at radius 2 is 2.06 bits per heavy atom. The lowest BCUT2D eigenvalue weighted by Crippen LogP contribution is -2.30. The van der Waals surface area contributed by atoms with Gasteiger partial charge in [0, 0.05) is 12.1 Å². The maximum Gasteiger partial charge on any atom is 0.307 e. The molecule has 1 aromatic rings. The molecule has 1 heterocycles. The third-order valence-corrected chi connectivity index (χ3v) is 2.61. The molecular formula is C10H12ClN3O3. The highest BCUT2D eigenvalue weighted by Crippen LogP contribution is 2.14. The number of nitrogens with one attached hydrogen (secondary N) is 1. The van der Waals surface area contributed by atoms with Gasteiger partial charge in [0.05, 0.1) is 5.92 Å². The molecule has 0 fully saturated rings. The lowest BCUT2D eigenvalue weighted by atomic mass is 9.95. The van der Waals surface area contributed by atoms with Gasteiger partial charge in [0.2, 0.25) is 11.2 Å². The molecule has 2 unspecified atom stereocenters. The first kappa shape index (κ1) is 13.4. The molecule has 0 saturated carbocycles. The molecule has 1 rings (SSSR count). The summed E-state index contributed by atoms with van der Waals surface area (Å²) in [5, 5.41) is 11.3. The first-order chi connectivity index (χ1) is 7.91. The summed E-state index contributed by atoms with van der Waals surface area (Å²) >= 11 is 5.55. The summed E-state index contributed by atoms with van der Waals surface area (Å²) in [5.74, 6) is -2.63. The molecule has 1 amide bonds. The van der Waals surface area contributed by atoms with Crippen LogP contribution in [0.1, 0.15) is 13.8 Å². The number of amides is 1. The zero-order valence-corrected chi connectivity index (χ0v) is 10.1. The van der Waals surface area contributed by atoms with Crippen molar-refractivity contribution in [2.24, 2.45) is 11.8 Å². The molecule has 17 heavy (non-hydrogen) atoms. The van der Waals surface area contributed by atoms with E-state index in [2.05, 4.69) is 15.3 Å². The number of nitrogens with zero attached hydrogens (tertiary/aromatic N) is 2. The van der Waals surface area contributed by atoms with E-state index in [1.54, 1.807) is 0 Å². The van der Waals surface area contributed by atoms with Crippen LogP contribution in [0.4, 0.5) is 5.82 Å². The highest BCUT2D eigenvalue weighted by atomic mass is 35.5. The average Bonchev–Trinajstić information content (AvgIpc) is 2.26. The van der Waals surface area contributed by atoms with Crippen molar-refractivity contribution in [2.75, 3.05) is 5.32 Å². The molecule has 0 radical (unpaired) electrons. The molecule has 92 valence electrons. The van der Waals surface area contributed by atoms with Crippen LogP contribution in [0.25, 0.3) is 0 Å². The van der Waals surface area contributed by atoms with Gasteiger partial charge >= 0.3 is 5.97 Å². The van der Waals surface area contributed by atoms with Gasteiger partial charge < -0.3 is 10.4 Å². The van der Waals surface area contributed by atoms with Crippen molar-refractivity contribution in [3.63, 3.8) is 0 Å². The Bertz CT molecular complexity index is 439. The van der Waals surface area contributed by atoms with Crippen LogP contribution in [0, 0.1) is 11.8 Å². The van der Waals surface area contributed by atoms with Crippen molar-refractivity contribution < 1.29 is 14.7 Å². The summed E-state index contributed by atoms with van der Waals surface area (Å²) in [6.45, 7) is 3.01. The largest absolute Gasteiger partial charge is 0.481 e. The molecule has 2 N–H and O–H groups in total. The van der Waals surface area contributed by atoms with Gasteiger partial charge in [-0.05, 0) is 17.7 Å². The summed E-state index contributed by atoms with van der Waals surface area (Å²) in [5.41, 5.74) is 0.